The van der Waals surface area contributed by atoms with E-state index in [1.54, 1.807) is 5.01 Å². The van der Waals surface area contributed by atoms with E-state index in [2.05, 4.69) is 10.3 Å². The third-order valence-electron chi connectivity index (χ3n) is 3.35. The summed E-state index contributed by atoms with van der Waals surface area (Å²) in [4.78, 5) is 12.2. The first-order chi connectivity index (χ1) is 10.7. The molecule has 22 heavy (non-hydrogen) atoms. The van der Waals surface area contributed by atoms with Gasteiger partial charge in [0.05, 0.1) is 23.7 Å². The average Bonchev–Trinajstić information content (AvgIpc) is 3.17. The molecule has 1 aliphatic rings. The Morgan fingerprint density at radius 1 is 1.36 bits per heavy atom. The van der Waals surface area contributed by atoms with E-state index in [4.69, 9.17) is 4.52 Å². The lowest BCUT2D eigenvalue weighted by atomic mass is 10.1. The fourth-order valence-corrected chi connectivity index (χ4v) is 3.04. The van der Waals surface area contributed by atoms with Gasteiger partial charge in [-0.15, -0.1) is 11.8 Å². The molecule has 0 unspecified atom stereocenters. The molecule has 2 heterocycles. The summed E-state index contributed by atoms with van der Waals surface area (Å²) in [5, 5.41) is 9.93. The Hall–Kier alpha value is -2.08. The van der Waals surface area contributed by atoms with Crippen molar-refractivity contribution >= 4 is 23.4 Å². The van der Waals surface area contributed by atoms with Gasteiger partial charge in [-0.25, -0.2) is 5.01 Å². The Bertz CT molecular complexity index is 682. The Balaban J connectivity index is 1.52. The van der Waals surface area contributed by atoms with Gasteiger partial charge in [0.15, 0.2) is 0 Å². The molecule has 0 radical (unpaired) electrons. The number of hydrogen-bond donors (Lipinski definition) is 0. The second kappa shape index (κ2) is 6.79. The summed E-state index contributed by atoms with van der Waals surface area (Å²) < 4.78 is 5.00. The van der Waals surface area contributed by atoms with Crippen LogP contribution in [0.1, 0.15) is 23.4 Å². The number of benzene rings is 1. The highest BCUT2D eigenvalue weighted by Gasteiger charge is 2.21. The summed E-state index contributed by atoms with van der Waals surface area (Å²) in [6.07, 6.45) is 0.808. The zero-order valence-electron chi connectivity index (χ0n) is 12.4. The minimum Gasteiger partial charge on any atom is -0.361 e. The molecule has 2 aromatic rings. The molecule has 5 nitrogen and oxygen atoms in total. The predicted molar refractivity (Wildman–Crippen MR) is 86.7 cm³/mol. The highest BCUT2D eigenvalue weighted by atomic mass is 32.2. The quantitative estimate of drug-likeness (QED) is 0.851. The molecule has 0 aliphatic carbocycles. The van der Waals surface area contributed by atoms with E-state index in [0.717, 1.165) is 29.2 Å². The van der Waals surface area contributed by atoms with Gasteiger partial charge in [0, 0.05) is 18.2 Å². The van der Waals surface area contributed by atoms with Gasteiger partial charge in [-0.05, 0) is 12.5 Å². The molecule has 0 saturated heterocycles. The number of nitrogens with zero attached hydrogens (tertiary/aromatic N) is 3. The van der Waals surface area contributed by atoms with Crippen LogP contribution in [0.4, 0.5) is 0 Å². The van der Waals surface area contributed by atoms with E-state index in [0.29, 0.717) is 18.1 Å². The number of hydrogen-bond acceptors (Lipinski definition) is 5. The van der Waals surface area contributed by atoms with Gasteiger partial charge in [-0.3, -0.25) is 4.79 Å². The Labute approximate surface area is 133 Å². The van der Waals surface area contributed by atoms with Crippen molar-refractivity contribution in [2.45, 2.75) is 19.1 Å². The molecule has 114 valence electrons. The van der Waals surface area contributed by atoms with Gasteiger partial charge in [0.25, 0.3) is 5.91 Å². The van der Waals surface area contributed by atoms with Crippen molar-refractivity contribution in [1.82, 2.24) is 10.2 Å². The maximum absolute atomic E-state index is 12.2. The molecule has 1 aromatic carbocycles. The molecule has 1 aromatic heterocycles. The van der Waals surface area contributed by atoms with Gasteiger partial charge < -0.3 is 4.52 Å². The first-order valence-corrected chi connectivity index (χ1v) is 8.31. The lowest BCUT2D eigenvalue weighted by Crippen LogP contribution is -2.25. The molecule has 0 fully saturated rings. The smallest absolute Gasteiger partial charge is 0.252 e. The molecule has 3 rings (SSSR count). The maximum Gasteiger partial charge on any atom is 0.252 e. The van der Waals surface area contributed by atoms with Gasteiger partial charge in [0.1, 0.15) is 5.76 Å². The Morgan fingerprint density at radius 3 is 2.91 bits per heavy atom. The van der Waals surface area contributed by atoms with Gasteiger partial charge in [-0.1, -0.05) is 35.5 Å². The zero-order chi connectivity index (χ0) is 15.4. The summed E-state index contributed by atoms with van der Waals surface area (Å²) in [5.41, 5.74) is 2.93. The van der Waals surface area contributed by atoms with E-state index in [9.17, 15) is 4.79 Å². The van der Waals surface area contributed by atoms with E-state index in [1.165, 1.54) is 11.8 Å². The minimum absolute atomic E-state index is 0.0381. The van der Waals surface area contributed by atoms with Gasteiger partial charge in [-0.2, -0.15) is 5.10 Å². The lowest BCUT2D eigenvalue weighted by molar-refractivity contribution is -0.127. The van der Waals surface area contributed by atoms with Gasteiger partial charge >= 0.3 is 0 Å². The normalized spacial score (nSPS) is 14.2. The number of carbonyl (C=O) groups is 1. The van der Waals surface area contributed by atoms with Crippen LogP contribution in [0, 0.1) is 6.92 Å². The molecule has 0 spiro atoms. The Kier molecular flexibility index (Phi) is 4.58. The molecule has 0 bridgehead atoms. The first kappa shape index (κ1) is 14.8. The van der Waals surface area contributed by atoms with E-state index in [1.807, 2.05) is 43.3 Å². The number of thioether (sulfide) groups is 1. The van der Waals surface area contributed by atoms with Crippen molar-refractivity contribution in [3.05, 3.63) is 53.4 Å². The molecule has 0 atom stereocenters. The fraction of sp³-hybridized carbons (Fsp3) is 0.312. The predicted octanol–water partition coefficient (Wildman–Crippen LogP) is 2.85. The third kappa shape index (κ3) is 3.57. The summed E-state index contributed by atoms with van der Waals surface area (Å²) >= 11 is 1.53. The average molecular weight is 315 g/mol. The molecular weight excluding hydrogens is 298 g/mol. The number of amides is 1. The van der Waals surface area contributed by atoms with E-state index in [-0.39, 0.29) is 5.91 Å². The highest BCUT2D eigenvalue weighted by Crippen LogP contribution is 2.17. The fourth-order valence-electron chi connectivity index (χ4n) is 2.27. The number of aryl methyl sites for hydroxylation is 1. The van der Waals surface area contributed by atoms with Crippen molar-refractivity contribution in [2.75, 3.05) is 12.3 Å². The summed E-state index contributed by atoms with van der Waals surface area (Å²) in [6.45, 7) is 2.52. The van der Waals surface area contributed by atoms with Crippen LogP contribution in [0.3, 0.4) is 0 Å². The molecule has 0 N–H and O–H groups in total. The van der Waals surface area contributed by atoms with Crippen molar-refractivity contribution in [1.29, 1.82) is 0 Å². The van der Waals surface area contributed by atoms with Crippen molar-refractivity contribution in [3.63, 3.8) is 0 Å². The first-order valence-electron chi connectivity index (χ1n) is 7.15. The van der Waals surface area contributed by atoms with Crippen molar-refractivity contribution < 1.29 is 9.32 Å². The second-order valence-corrected chi connectivity index (χ2v) is 6.09. The topological polar surface area (TPSA) is 58.7 Å². The second-order valence-electron chi connectivity index (χ2n) is 5.10. The van der Waals surface area contributed by atoms with Gasteiger partial charge in [0.2, 0.25) is 0 Å². The number of hydrazone groups is 1. The van der Waals surface area contributed by atoms with Crippen molar-refractivity contribution in [3.8, 4) is 0 Å². The largest absolute Gasteiger partial charge is 0.361 e. The number of carbonyl (C=O) groups excluding carboxylic acids is 1. The third-order valence-corrected chi connectivity index (χ3v) is 4.30. The standard InChI is InChI=1S/C16H17N3O2S/c1-12-9-14(18-21-12)10-22-11-16(20)19-8-7-15(17-19)13-5-3-2-4-6-13/h2-6,9H,7-8,10-11H2,1H3. The Morgan fingerprint density at radius 2 is 2.18 bits per heavy atom. The van der Waals surface area contributed by atoms with Crippen LogP contribution in [-0.4, -0.2) is 34.1 Å². The summed E-state index contributed by atoms with van der Waals surface area (Å²) in [6, 6.07) is 11.9. The maximum atomic E-state index is 12.2. The van der Waals surface area contributed by atoms with E-state index >= 15 is 0 Å². The molecule has 6 heteroatoms. The molecular formula is C16H17N3O2S. The molecule has 1 aliphatic heterocycles. The zero-order valence-corrected chi connectivity index (χ0v) is 13.2. The van der Waals surface area contributed by atoms with Crippen LogP contribution in [0.25, 0.3) is 0 Å². The highest BCUT2D eigenvalue weighted by molar-refractivity contribution is 7.99. The summed E-state index contributed by atoms with van der Waals surface area (Å²) in [7, 11) is 0. The van der Waals surface area contributed by atoms with Crippen LogP contribution < -0.4 is 0 Å². The minimum atomic E-state index is 0.0381. The SMILES string of the molecule is Cc1cc(CSCC(=O)N2CCC(c3ccccc3)=N2)no1. The number of aromatic nitrogens is 1. The molecule has 1 amide bonds. The lowest BCUT2D eigenvalue weighted by Gasteiger charge is -2.10. The van der Waals surface area contributed by atoms with E-state index < -0.39 is 0 Å². The van der Waals surface area contributed by atoms with Crippen molar-refractivity contribution in [2.24, 2.45) is 5.10 Å². The monoisotopic (exact) mass is 315 g/mol. The van der Waals surface area contributed by atoms with Crippen LogP contribution >= 0.6 is 11.8 Å². The summed E-state index contributed by atoms with van der Waals surface area (Å²) in [5.74, 6) is 1.90. The van der Waals surface area contributed by atoms with Crippen LogP contribution in [0.2, 0.25) is 0 Å². The van der Waals surface area contributed by atoms with Crippen LogP contribution in [-0.2, 0) is 10.5 Å². The molecule has 0 saturated carbocycles. The van der Waals surface area contributed by atoms with Crippen LogP contribution in [0.5, 0.6) is 0 Å². The number of rotatable bonds is 5. The van der Waals surface area contributed by atoms with Crippen LogP contribution in [0.15, 0.2) is 46.0 Å².